The monoisotopic (exact) mass is 257 g/mol. The summed E-state index contributed by atoms with van der Waals surface area (Å²) in [5.74, 6) is 1.77. The summed E-state index contributed by atoms with van der Waals surface area (Å²) < 4.78 is 0. The SMILES string of the molecule is CC(NC1CCC(c2ccccc2)CC1)C1CCC1. The fourth-order valence-corrected chi connectivity index (χ4v) is 3.77. The zero-order valence-corrected chi connectivity index (χ0v) is 12.1. The molecule has 1 aromatic carbocycles. The Morgan fingerprint density at radius 3 is 2.21 bits per heavy atom. The van der Waals surface area contributed by atoms with Crippen molar-refractivity contribution in [2.45, 2.75) is 69.9 Å². The average Bonchev–Trinajstić information content (AvgIpc) is 2.38. The van der Waals surface area contributed by atoms with Gasteiger partial charge in [0.15, 0.2) is 0 Å². The molecule has 1 unspecified atom stereocenters. The molecule has 2 aliphatic carbocycles. The molecule has 0 spiro atoms. The Hall–Kier alpha value is -0.820. The van der Waals surface area contributed by atoms with Crippen LogP contribution in [0.5, 0.6) is 0 Å². The maximum atomic E-state index is 3.89. The molecule has 104 valence electrons. The van der Waals surface area contributed by atoms with Crippen molar-refractivity contribution in [3.8, 4) is 0 Å². The second kappa shape index (κ2) is 6.09. The van der Waals surface area contributed by atoms with Gasteiger partial charge in [-0.3, -0.25) is 0 Å². The van der Waals surface area contributed by atoms with E-state index in [9.17, 15) is 0 Å². The van der Waals surface area contributed by atoms with Crippen LogP contribution < -0.4 is 5.32 Å². The number of nitrogens with one attached hydrogen (secondary N) is 1. The van der Waals surface area contributed by atoms with E-state index in [1.165, 1.54) is 44.9 Å². The van der Waals surface area contributed by atoms with E-state index in [1.54, 1.807) is 5.56 Å². The van der Waals surface area contributed by atoms with Gasteiger partial charge in [0, 0.05) is 12.1 Å². The average molecular weight is 257 g/mol. The first-order valence-electron chi connectivity index (χ1n) is 8.14. The van der Waals surface area contributed by atoms with Crippen molar-refractivity contribution in [2.24, 2.45) is 5.92 Å². The lowest BCUT2D eigenvalue weighted by molar-refractivity contribution is 0.208. The van der Waals surface area contributed by atoms with Crippen LogP contribution in [0.15, 0.2) is 30.3 Å². The van der Waals surface area contributed by atoms with Gasteiger partial charge >= 0.3 is 0 Å². The lowest BCUT2D eigenvalue weighted by atomic mass is 9.78. The first-order valence-corrected chi connectivity index (χ1v) is 8.14. The molecule has 19 heavy (non-hydrogen) atoms. The summed E-state index contributed by atoms with van der Waals surface area (Å²) in [6, 6.07) is 12.6. The lowest BCUT2D eigenvalue weighted by Crippen LogP contribution is -2.44. The summed E-state index contributed by atoms with van der Waals surface area (Å²) in [5, 5.41) is 3.89. The largest absolute Gasteiger partial charge is 0.311 e. The molecule has 0 radical (unpaired) electrons. The molecule has 0 saturated heterocycles. The first-order chi connectivity index (χ1) is 9.33. The van der Waals surface area contributed by atoms with Gasteiger partial charge in [-0.2, -0.15) is 0 Å². The quantitative estimate of drug-likeness (QED) is 0.838. The Labute approximate surface area is 117 Å². The van der Waals surface area contributed by atoms with Crippen molar-refractivity contribution in [1.29, 1.82) is 0 Å². The minimum Gasteiger partial charge on any atom is -0.311 e. The Morgan fingerprint density at radius 1 is 0.947 bits per heavy atom. The van der Waals surface area contributed by atoms with Crippen molar-refractivity contribution < 1.29 is 0 Å². The number of hydrogen-bond donors (Lipinski definition) is 1. The third-order valence-corrected chi connectivity index (χ3v) is 5.35. The number of benzene rings is 1. The van der Waals surface area contributed by atoms with Crippen LogP contribution in [0, 0.1) is 5.92 Å². The van der Waals surface area contributed by atoms with Crippen LogP contribution in [-0.4, -0.2) is 12.1 Å². The Balaban J connectivity index is 1.46. The highest BCUT2D eigenvalue weighted by Gasteiger charge is 2.28. The minimum absolute atomic E-state index is 0.743. The molecule has 1 aromatic rings. The van der Waals surface area contributed by atoms with Gasteiger partial charge < -0.3 is 5.32 Å². The summed E-state index contributed by atoms with van der Waals surface area (Å²) in [4.78, 5) is 0. The summed E-state index contributed by atoms with van der Waals surface area (Å²) in [5.41, 5.74) is 1.55. The molecule has 0 aliphatic heterocycles. The van der Waals surface area contributed by atoms with Crippen molar-refractivity contribution >= 4 is 0 Å². The first kappa shape index (κ1) is 13.2. The predicted octanol–water partition coefficient (Wildman–Crippen LogP) is 4.49. The zero-order valence-electron chi connectivity index (χ0n) is 12.1. The lowest BCUT2D eigenvalue weighted by Gasteiger charge is -2.37. The van der Waals surface area contributed by atoms with E-state index in [-0.39, 0.29) is 0 Å². The van der Waals surface area contributed by atoms with E-state index in [0.717, 1.165) is 23.9 Å². The molecule has 0 aromatic heterocycles. The molecule has 2 saturated carbocycles. The maximum Gasteiger partial charge on any atom is 0.00700 e. The van der Waals surface area contributed by atoms with Crippen LogP contribution in [0.4, 0.5) is 0 Å². The van der Waals surface area contributed by atoms with Gasteiger partial charge in [-0.25, -0.2) is 0 Å². The van der Waals surface area contributed by atoms with Crippen molar-refractivity contribution in [3.63, 3.8) is 0 Å². The van der Waals surface area contributed by atoms with E-state index in [2.05, 4.69) is 42.6 Å². The molecular formula is C18H27N. The van der Waals surface area contributed by atoms with Crippen LogP contribution in [0.2, 0.25) is 0 Å². The Morgan fingerprint density at radius 2 is 1.63 bits per heavy atom. The van der Waals surface area contributed by atoms with Gasteiger partial charge in [0.05, 0.1) is 0 Å². The highest BCUT2D eigenvalue weighted by Crippen LogP contribution is 2.34. The normalized spacial score (nSPS) is 29.7. The number of hydrogen-bond acceptors (Lipinski definition) is 1. The van der Waals surface area contributed by atoms with Crippen molar-refractivity contribution in [2.75, 3.05) is 0 Å². The summed E-state index contributed by atoms with van der Waals surface area (Å²) in [6.45, 7) is 2.40. The van der Waals surface area contributed by atoms with E-state index < -0.39 is 0 Å². The van der Waals surface area contributed by atoms with Crippen LogP contribution in [0.25, 0.3) is 0 Å². The van der Waals surface area contributed by atoms with Crippen molar-refractivity contribution in [3.05, 3.63) is 35.9 Å². The van der Waals surface area contributed by atoms with Gasteiger partial charge in [0.25, 0.3) is 0 Å². The third kappa shape index (κ3) is 3.20. The predicted molar refractivity (Wildman–Crippen MR) is 81.4 cm³/mol. The standard InChI is InChI=1S/C18H27N/c1-14(15-8-5-9-15)19-18-12-10-17(11-13-18)16-6-3-2-4-7-16/h2-4,6-7,14-15,17-19H,5,8-13H2,1H3. The van der Waals surface area contributed by atoms with E-state index in [0.29, 0.717) is 0 Å². The van der Waals surface area contributed by atoms with Gasteiger partial charge in [-0.1, -0.05) is 36.8 Å². The molecule has 1 nitrogen and oxygen atoms in total. The molecule has 0 bridgehead atoms. The van der Waals surface area contributed by atoms with E-state index >= 15 is 0 Å². The fraction of sp³-hybridized carbons (Fsp3) is 0.667. The van der Waals surface area contributed by atoms with Gasteiger partial charge in [-0.15, -0.1) is 0 Å². The van der Waals surface area contributed by atoms with Crippen LogP contribution in [0.3, 0.4) is 0 Å². The Kier molecular flexibility index (Phi) is 4.22. The van der Waals surface area contributed by atoms with Gasteiger partial charge in [0.2, 0.25) is 0 Å². The highest BCUT2D eigenvalue weighted by molar-refractivity contribution is 5.20. The zero-order chi connectivity index (χ0) is 13.1. The molecule has 2 fully saturated rings. The van der Waals surface area contributed by atoms with Crippen LogP contribution >= 0.6 is 0 Å². The van der Waals surface area contributed by atoms with E-state index in [4.69, 9.17) is 0 Å². The molecule has 3 rings (SSSR count). The summed E-state index contributed by atoms with van der Waals surface area (Å²) in [7, 11) is 0. The number of rotatable bonds is 4. The molecule has 1 heteroatoms. The smallest absolute Gasteiger partial charge is 0.00700 e. The highest BCUT2D eigenvalue weighted by atomic mass is 15.0. The Bertz CT molecular complexity index is 374. The summed E-state index contributed by atoms with van der Waals surface area (Å²) >= 11 is 0. The second-order valence-electron chi connectivity index (χ2n) is 6.61. The molecule has 0 heterocycles. The summed E-state index contributed by atoms with van der Waals surface area (Å²) in [6.07, 6.45) is 9.80. The van der Waals surface area contributed by atoms with Crippen LogP contribution in [0.1, 0.15) is 63.4 Å². The molecule has 0 amide bonds. The minimum atomic E-state index is 0.743. The van der Waals surface area contributed by atoms with Crippen LogP contribution in [-0.2, 0) is 0 Å². The molecule has 1 atom stereocenters. The fourth-order valence-electron chi connectivity index (χ4n) is 3.77. The topological polar surface area (TPSA) is 12.0 Å². The van der Waals surface area contributed by atoms with Crippen molar-refractivity contribution in [1.82, 2.24) is 5.32 Å². The molecule has 2 aliphatic rings. The van der Waals surface area contributed by atoms with Gasteiger partial charge in [-0.05, 0) is 62.8 Å². The molecular weight excluding hydrogens is 230 g/mol. The third-order valence-electron chi connectivity index (χ3n) is 5.35. The second-order valence-corrected chi connectivity index (χ2v) is 6.61. The molecule has 1 N–H and O–H groups in total. The van der Waals surface area contributed by atoms with E-state index in [1.807, 2.05) is 0 Å². The van der Waals surface area contributed by atoms with Gasteiger partial charge in [0.1, 0.15) is 0 Å². The maximum absolute atomic E-state index is 3.89.